The van der Waals surface area contributed by atoms with Crippen LogP contribution in [0.15, 0.2) is 146 Å². The molecule has 6 aromatic carbocycles. The molecule has 6 aromatic rings. The summed E-state index contributed by atoms with van der Waals surface area (Å²) in [5.41, 5.74) is 14.4. The van der Waals surface area contributed by atoms with Gasteiger partial charge in [0.1, 0.15) is 0 Å². The maximum atomic E-state index is 2.39. The third kappa shape index (κ3) is 6.60. The van der Waals surface area contributed by atoms with Crippen molar-refractivity contribution in [3.8, 4) is 0 Å². The maximum Gasteiger partial charge on any atom is 0.0464 e. The molecule has 0 aromatic heterocycles. The van der Waals surface area contributed by atoms with Gasteiger partial charge in [0.25, 0.3) is 0 Å². The summed E-state index contributed by atoms with van der Waals surface area (Å²) in [5.74, 6) is 0.383. The molecule has 6 rings (SSSR count). The third-order valence-corrected chi connectivity index (χ3v) is 9.64. The predicted molar refractivity (Wildman–Crippen MR) is 202 cm³/mol. The van der Waals surface area contributed by atoms with Gasteiger partial charge in [-0.1, -0.05) is 93.6 Å². The van der Waals surface area contributed by atoms with Gasteiger partial charge in [0.15, 0.2) is 0 Å². The number of anilines is 6. The summed E-state index contributed by atoms with van der Waals surface area (Å²) in [7, 11) is 0. The average molecular weight is 615 g/mol. The Kier molecular flexibility index (Phi) is 9.05. The van der Waals surface area contributed by atoms with Crippen LogP contribution in [-0.2, 0) is 5.41 Å². The lowest BCUT2D eigenvalue weighted by Crippen LogP contribution is -2.30. The zero-order valence-corrected chi connectivity index (χ0v) is 28.8. The molecule has 47 heavy (non-hydrogen) atoms. The Hall–Kier alpha value is -5.08. The molecule has 0 aliphatic heterocycles. The van der Waals surface area contributed by atoms with Crippen molar-refractivity contribution in [3.63, 3.8) is 0 Å². The molecule has 0 unspecified atom stereocenters. The number of benzene rings is 6. The van der Waals surface area contributed by atoms with Crippen LogP contribution >= 0.6 is 0 Å². The van der Waals surface area contributed by atoms with Gasteiger partial charge in [-0.05, 0) is 140 Å². The van der Waals surface area contributed by atoms with E-state index in [4.69, 9.17) is 0 Å². The summed E-state index contributed by atoms with van der Waals surface area (Å²) in [6.45, 7) is 15.7. The number of aryl methyl sites for hydroxylation is 4. The molecular formula is C45H46N2. The Morgan fingerprint density at radius 2 is 0.660 bits per heavy atom. The number of rotatable bonds is 9. The molecule has 0 saturated heterocycles. The van der Waals surface area contributed by atoms with Gasteiger partial charge in [-0.15, -0.1) is 0 Å². The highest BCUT2D eigenvalue weighted by Gasteiger charge is 2.33. The highest BCUT2D eigenvalue weighted by atomic mass is 15.1. The lowest BCUT2D eigenvalue weighted by atomic mass is 9.68. The first kappa shape index (κ1) is 31.9. The van der Waals surface area contributed by atoms with Crippen molar-refractivity contribution in [3.05, 3.63) is 179 Å². The molecule has 2 heteroatoms. The largest absolute Gasteiger partial charge is 0.310 e. The first-order valence-corrected chi connectivity index (χ1v) is 16.7. The lowest BCUT2D eigenvalue weighted by Gasteiger charge is -2.36. The SMILES string of the molecule is Cc1cccc(N(c2ccc(C(C)(c3ccc(N(c4cccc(C)c4)c4cccc(C)c4)cc3)C(C)C)cc2)c2cccc(C)c2)c1. The van der Waals surface area contributed by atoms with Crippen LogP contribution in [0.2, 0.25) is 0 Å². The van der Waals surface area contributed by atoms with Gasteiger partial charge in [0, 0.05) is 39.5 Å². The van der Waals surface area contributed by atoms with Gasteiger partial charge in [0.2, 0.25) is 0 Å². The lowest BCUT2D eigenvalue weighted by molar-refractivity contribution is 0.405. The molecule has 0 atom stereocenters. The molecule has 0 fully saturated rings. The minimum Gasteiger partial charge on any atom is -0.310 e. The van der Waals surface area contributed by atoms with Gasteiger partial charge in [-0.3, -0.25) is 0 Å². The van der Waals surface area contributed by atoms with E-state index >= 15 is 0 Å². The standard InChI is InChI=1S/C45H46N2/c1-32(2)45(7,37-20-24-39(25-21-37)46(41-16-8-12-33(3)28-41)42-17-9-13-34(4)29-42)38-22-26-40(27-23-38)47(43-18-10-14-35(5)30-43)44-19-11-15-36(6)31-44/h8-32H,1-7H3. The van der Waals surface area contributed by atoms with Gasteiger partial charge in [-0.2, -0.15) is 0 Å². The molecule has 0 saturated carbocycles. The van der Waals surface area contributed by atoms with Gasteiger partial charge in [-0.25, -0.2) is 0 Å². The molecule has 0 radical (unpaired) electrons. The molecule has 0 bridgehead atoms. The number of nitrogens with zero attached hydrogens (tertiary/aromatic N) is 2. The van der Waals surface area contributed by atoms with Crippen LogP contribution < -0.4 is 9.80 Å². The van der Waals surface area contributed by atoms with Gasteiger partial charge >= 0.3 is 0 Å². The molecule has 236 valence electrons. The monoisotopic (exact) mass is 614 g/mol. The van der Waals surface area contributed by atoms with Crippen molar-refractivity contribution >= 4 is 34.1 Å². The van der Waals surface area contributed by atoms with E-state index in [1.54, 1.807) is 0 Å². The van der Waals surface area contributed by atoms with E-state index in [9.17, 15) is 0 Å². The van der Waals surface area contributed by atoms with E-state index in [0.29, 0.717) is 5.92 Å². The van der Waals surface area contributed by atoms with Crippen LogP contribution in [0.5, 0.6) is 0 Å². The molecule has 0 aliphatic rings. The minimum absolute atomic E-state index is 0.175. The molecule has 0 heterocycles. The van der Waals surface area contributed by atoms with Crippen LogP contribution in [0.3, 0.4) is 0 Å². The number of hydrogen-bond acceptors (Lipinski definition) is 2. The first-order chi connectivity index (χ1) is 22.6. The van der Waals surface area contributed by atoms with E-state index in [0.717, 1.165) is 34.1 Å². The quantitative estimate of drug-likeness (QED) is 0.160. The van der Waals surface area contributed by atoms with Crippen molar-refractivity contribution in [1.82, 2.24) is 0 Å². The molecule has 0 aliphatic carbocycles. The summed E-state index contributed by atoms with van der Waals surface area (Å²) in [6.07, 6.45) is 0. The Morgan fingerprint density at radius 3 is 0.894 bits per heavy atom. The van der Waals surface area contributed by atoms with Gasteiger partial charge < -0.3 is 9.80 Å². The molecule has 0 amide bonds. The maximum absolute atomic E-state index is 2.39. The second-order valence-corrected chi connectivity index (χ2v) is 13.5. The Labute approximate surface area is 282 Å². The summed E-state index contributed by atoms with van der Waals surface area (Å²) in [6, 6.07) is 53.4. The summed E-state index contributed by atoms with van der Waals surface area (Å²) < 4.78 is 0. The average Bonchev–Trinajstić information content (AvgIpc) is 3.05. The fourth-order valence-corrected chi connectivity index (χ4v) is 6.71. The topological polar surface area (TPSA) is 6.48 Å². The smallest absolute Gasteiger partial charge is 0.0464 e. The minimum atomic E-state index is -0.175. The molecule has 0 spiro atoms. The van der Waals surface area contributed by atoms with Crippen LogP contribution in [0.4, 0.5) is 34.1 Å². The Balaban J connectivity index is 1.38. The normalized spacial score (nSPS) is 11.5. The van der Waals surface area contributed by atoms with E-state index in [1.165, 1.54) is 33.4 Å². The van der Waals surface area contributed by atoms with Crippen LogP contribution in [0, 0.1) is 33.6 Å². The van der Waals surface area contributed by atoms with Crippen molar-refractivity contribution in [1.29, 1.82) is 0 Å². The fourth-order valence-electron chi connectivity index (χ4n) is 6.71. The van der Waals surface area contributed by atoms with E-state index < -0.39 is 0 Å². The van der Waals surface area contributed by atoms with E-state index in [-0.39, 0.29) is 5.41 Å². The van der Waals surface area contributed by atoms with Crippen molar-refractivity contribution in [2.75, 3.05) is 9.80 Å². The predicted octanol–water partition coefficient (Wildman–Crippen LogP) is 12.8. The van der Waals surface area contributed by atoms with Crippen LogP contribution in [0.1, 0.15) is 54.2 Å². The highest BCUT2D eigenvalue weighted by molar-refractivity contribution is 5.78. The zero-order valence-electron chi connectivity index (χ0n) is 28.8. The fraction of sp³-hybridized carbons (Fsp3) is 0.200. The van der Waals surface area contributed by atoms with Crippen LogP contribution in [0.25, 0.3) is 0 Å². The highest BCUT2D eigenvalue weighted by Crippen LogP contribution is 2.43. The summed E-state index contributed by atoms with van der Waals surface area (Å²) in [4.78, 5) is 4.72. The molecule has 0 N–H and O–H groups in total. The second-order valence-electron chi connectivity index (χ2n) is 13.5. The zero-order chi connectivity index (χ0) is 33.1. The van der Waals surface area contributed by atoms with Gasteiger partial charge in [0.05, 0.1) is 0 Å². The van der Waals surface area contributed by atoms with E-state index in [2.05, 4.69) is 204 Å². The van der Waals surface area contributed by atoms with E-state index in [1.807, 2.05) is 0 Å². The third-order valence-electron chi connectivity index (χ3n) is 9.64. The first-order valence-electron chi connectivity index (χ1n) is 16.7. The van der Waals surface area contributed by atoms with Crippen molar-refractivity contribution < 1.29 is 0 Å². The summed E-state index contributed by atoms with van der Waals surface area (Å²) >= 11 is 0. The van der Waals surface area contributed by atoms with Crippen molar-refractivity contribution in [2.24, 2.45) is 5.92 Å². The second kappa shape index (κ2) is 13.3. The number of hydrogen-bond donors (Lipinski definition) is 0. The molecule has 2 nitrogen and oxygen atoms in total. The summed E-state index contributed by atoms with van der Waals surface area (Å²) in [5, 5.41) is 0. The van der Waals surface area contributed by atoms with Crippen molar-refractivity contribution in [2.45, 2.75) is 53.9 Å². The Bertz CT molecular complexity index is 1740. The van der Waals surface area contributed by atoms with Crippen LogP contribution in [-0.4, -0.2) is 0 Å². The molecular weight excluding hydrogens is 569 g/mol. The Morgan fingerprint density at radius 1 is 0.383 bits per heavy atom.